The molecule has 0 N–H and O–H groups in total. The lowest BCUT2D eigenvalue weighted by Gasteiger charge is -2.56. The molecule has 4 heteroatoms. The van der Waals surface area contributed by atoms with Gasteiger partial charge in [-0.05, 0) is 61.7 Å². The van der Waals surface area contributed by atoms with E-state index in [-0.39, 0.29) is 46.6 Å². The minimum Gasteiger partial charge on any atom is -0.450 e. The van der Waals surface area contributed by atoms with Crippen LogP contribution < -0.4 is 0 Å². The molecule has 2 saturated carbocycles. The van der Waals surface area contributed by atoms with Crippen LogP contribution in [0.5, 0.6) is 0 Å². The average molecular weight is 397 g/mol. The van der Waals surface area contributed by atoms with Crippen molar-refractivity contribution < 1.29 is 19.1 Å². The molecule has 2 fully saturated rings. The van der Waals surface area contributed by atoms with Crippen LogP contribution in [-0.2, 0) is 19.1 Å². The molecule has 4 aliphatic rings. The Morgan fingerprint density at radius 2 is 1.93 bits per heavy atom. The van der Waals surface area contributed by atoms with E-state index in [1.54, 1.807) is 26.0 Å². The van der Waals surface area contributed by atoms with Crippen molar-refractivity contribution in [2.24, 2.45) is 34.5 Å². The van der Waals surface area contributed by atoms with Crippen LogP contribution in [0, 0.1) is 34.5 Å². The van der Waals surface area contributed by atoms with E-state index in [4.69, 9.17) is 4.74 Å². The first-order chi connectivity index (χ1) is 13.6. The van der Waals surface area contributed by atoms with E-state index in [2.05, 4.69) is 39.0 Å². The van der Waals surface area contributed by atoms with Gasteiger partial charge in [-0.1, -0.05) is 45.9 Å². The lowest BCUT2D eigenvalue weighted by Crippen LogP contribution is -2.59. The summed E-state index contributed by atoms with van der Waals surface area (Å²) in [5.74, 6) is 0.691. The van der Waals surface area contributed by atoms with Crippen LogP contribution in [0.4, 0.5) is 0 Å². The van der Waals surface area contributed by atoms with Gasteiger partial charge in [-0.2, -0.15) is 0 Å². The second-order valence-corrected chi connectivity index (χ2v) is 9.98. The molecule has 29 heavy (non-hydrogen) atoms. The summed E-state index contributed by atoms with van der Waals surface area (Å²) in [6.45, 7) is 9.85. The summed E-state index contributed by atoms with van der Waals surface area (Å²) in [5, 5.41) is 0. The summed E-state index contributed by atoms with van der Waals surface area (Å²) >= 11 is 0. The van der Waals surface area contributed by atoms with E-state index in [0.717, 1.165) is 24.8 Å². The molecule has 0 saturated heterocycles. The lowest BCUT2D eigenvalue weighted by molar-refractivity contribution is -0.192. The molecule has 0 aromatic carbocycles. The highest BCUT2D eigenvalue weighted by Gasteiger charge is 2.70. The molecule has 0 radical (unpaired) electrons. The topological polar surface area (TPSA) is 60.4 Å². The number of hydrogen-bond acceptors (Lipinski definition) is 4. The van der Waals surface area contributed by atoms with Crippen molar-refractivity contribution in [3.8, 4) is 0 Å². The summed E-state index contributed by atoms with van der Waals surface area (Å²) in [4.78, 5) is 37.3. The molecule has 0 heterocycles. The van der Waals surface area contributed by atoms with E-state index >= 15 is 0 Å². The van der Waals surface area contributed by atoms with Crippen LogP contribution in [0.3, 0.4) is 0 Å². The van der Waals surface area contributed by atoms with Crippen LogP contribution in [0.15, 0.2) is 36.0 Å². The van der Waals surface area contributed by atoms with Gasteiger partial charge in [0.05, 0.1) is 0 Å². The zero-order valence-corrected chi connectivity index (χ0v) is 18.2. The van der Waals surface area contributed by atoms with E-state index in [1.165, 1.54) is 0 Å². The van der Waals surface area contributed by atoms with Crippen molar-refractivity contribution in [1.29, 1.82) is 0 Å². The first kappa shape index (κ1) is 20.3. The Labute approximate surface area is 173 Å². The maximum atomic E-state index is 13.0. The molecular weight excluding hydrogens is 364 g/mol. The normalized spacial score (nSPS) is 45.1. The van der Waals surface area contributed by atoms with Crippen LogP contribution in [0.1, 0.15) is 60.3 Å². The molecule has 156 valence electrons. The zero-order valence-electron chi connectivity index (χ0n) is 18.2. The molecule has 0 bridgehead atoms. The van der Waals surface area contributed by atoms with Gasteiger partial charge < -0.3 is 4.74 Å². The maximum Gasteiger partial charge on any atom is 0.306 e. The second-order valence-electron chi connectivity index (χ2n) is 9.98. The van der Waals surface area contributed by atoms with Crippen molar-refractivity contribution in [1.82, 2.24) is 0 Å². The third-order valence-corrected chi connectivity index (χ3v) is 8.74. The Bertz CT molecular complexity index is 864. The van der Waals surface area contributed by atoms with Crippen molar-refractivity contribution in [3.63, 3.8) is 0 Å². The van der Waals surface area contributed by atoms with E-state index in [0.29, 0.717) is 11.8 Å². The van der Waals surface area contributed by atoms with E-state index in [9.17, 15) is 14.4 Å². The fourth-order valence-corrected chi connectivity index (χ4v) is 7.27. The Kier molecular flexibility index (Phi) is 4.56. The van der Waals surface area contributed by atoms with Gasteiger partial charge in [0.15, 0.2) is 17.2 Å². The number of carbonyl (C=O) groups excluding carboxylic acids is 3. The number of hydrogen-bond donors (Lipinski definition) is 0. The number of rotatable bonds is 3. The van der Waals surface area contributed by atoms with Gasteiger partial charge in [0.2, 0.25) is 0 Å². The number of Topliss-reactive ketones (excluding diaryl/α,β-unsaturated/α-hetero) is 1. The summed E-state index contributed by atoms with van der Waals surface area (Å²) in [6.07, 6.45) is 12.9. The molecule has 0 spiro atoms. The Balaban J connectivity index is 1.78. The van der Waals surface area contributed by atoms with Crippen LogP contribution >= 0.6 is 0 Å². The summed E-state index contributed by atoms with van der Waals surface area (Å²) < 4.78 is 6.04. The molecule has 0 aromatic heterocycles. The fourth-order valence-electron chi connectivity index (χ4n) is 7.27. The smallest absolute Gasteiger partial charge is 0.306 e. The van der Waals surface area contributed by atoms with Crippen LogP contribution in [0.2, 0.25) is 0 Å². The van der Waals surface area contributed by atoms with Gasteiger partial charge in [0, 0.05) is 23.2 Å². The number of fused-ring (bicyclic) bond motifs is 5. The third-order valence-electron chi connectivity index (χ3n) is 8.74. The van der Waals surface area contributed by atoms with Crippen molar-refractivity contribution in [2.75, 3.05) is 0 Å². The average Bonchev–Trinajstić information content (AvgIpc) is 2.90. The maximum absolute atomic E-state index is 13.0. The van der Waals surface area contributed by atoms with Gasteiger partial charge in [0.25, 0.3) is 0 Å². The van der Waals surface area contributed by atoms with Crippen LogP contribution in [0.25, 0.3) is 0 Å². The van der Waals surface area contributed by atoms with Gasteiger partial charge >= 0.3 is 5.97 Å². The standard InChI is InChI=1S/C25H32O4/c1-6-22(28)29-25(16(3)26)15(2)13-21-19-8-7-17-14-18(27)9-11-23(17,4)20(19)10-12-24(21,25)5/h7-9,11,14-15,19-21H,6,10,12-13H2,1-5H3/t15-,19+,20-,21-,23-,24-,25-/m0/s1. The minimum absolute atomic E-state index is 0.00845. The molecule has 4 rings (SSSR count). The largest absolute Gasteiger partial charge is 0.450 e. The number of ketones is 2. The van der Waals surface area contributed by atoms with E-state index < -0.39 is 5.60 Å². The molecular formula is C25H32O4. The number of esters is 1. The molecule has 7 atom stereocenters. The Hall–Kier alpha value is -1.97. The van der Waals surface area contributed by atoms with Crippen molar-refractivity contribution in [3.05, 3.63) is 36.0 Å². The molecule has 4 nitrogen and oxygen atoms in total. The molecule has 4 aliphatic carbocycles. The molecule has 0 aromatic rings. The first-order valence-electron chi connectivity index (χ1n) is 11.0. The third kappa shape index (κ3) is 2.53. The Morgan fingerprint density at radius 1 is 1.21 bits per heavy atom. The highest BCUT2D eigenvalue weighted by Crippen LogP contribution is 2.68. The lowest BCUT2D eigenvalue weighted by atomic mass is 9.48. The summed E-state index contributed by atoms with van der Waals surface area (Å²) in [7, 11) is 0. The SMILES string of the molecule is CCC(=O)O[C@]1(C(C)=O)[C@@H](C)C[C@H]2[C@@H]3C=CC4=CC(=O)C=C[C@]4(C)[C@H]3CC[C@@]21C. The highest BCUT2D eigenvalue weighted by atomic mass is 16.6. The Morgan fingerprint density at radius 3 is 2.59 bits per heavy atom. The molecule has 0 aliphatic heterocycles. The highest BCUT2D eigenvalue weighted by molar-refractivity contribution is 6.01. The predicted molar refractivity (Wildman–Crippen MR) is 111 cm³/mol. The van der Waals surface area contributed by atoms with Crippen molar-refractivity contribution >= 4 is 17.5 Å². The van der Waals surface area contributed by atoms with Gasteiger partial charge in [-0.25, -0.2) is 0 Å². The number of ether oxygens (including phenoxy) is 1. The monoisotopic (exact) mass is 396 g/mol. The fraction of sp³-hybridized carbons (Fsp3) is 0.640. The molecule has 0 amide bonds. The zero-order chi connectivity index (χ0) is 21.2. The minimum atomic E-state index is -1.04. The van der Waals surface area contributed by atoms with Gasteiger partial charge in [-0.3, -0.25) is 14.4 Å². The number of carbonyl (C=O) groups is 3. The first-order valence-corrected chi connectivity index (χ1v) is 11.0. The number of allylic oxidation sites excluding steroid dienone is 6. The summed E-state index contributed by atoms with van der Waals surface area (Å²) in [5.41, 5.74) is -0.477. The van der Waals surface area contributed by atoms with Crippen molar-refractivity contribution in [2.45, 2.75) is 65.9 Å². The van der Waals surface area contributed by atoms with Gasteiger partial charge in [0.1, 0.15) is 0 Å². The second kappa shape index (κ2) is 6.52. The quantitative estimate of drug-likeness (QED) is 0.654. The summed E-state index contributed by atoms with van der Waals surface area (Å²) in [6, 6.07) is 0. The van der Waals surface area contributed by atoms with Gasteiger partial charge in [-0.15, -0.1) is 0 Å². The molecule has 0 unspecified atom stereocenters. The predicted octanol–water partition coefficient (Wildman–Crippen LogP) is 4.60. The van der Waals surface area contributed by atoms with Crippen LogP contribution in [-0.4, -0.2) is 23.1 Å². The van der Waals surface area contributed by atoms with E-state index in [1.807, 2.05) is 0 Å².